The molecule has 9 heteroatoms. The van der Waals surface area contributed by atoms with Crippen LogP contribution in [0.4, 0.5) is 11.4 Å². The molecule has 0 saturated carbocycles. The van der Waals surface area contributed by atoms with E-state index in [4.69, 9.17) is 11.6 Å². The number of aromatic nitrogens is 1. The lowest BCUT2D eigenvalue weighted by atomic mass is 10.3. The standard InChI is InChI=1S/C19H15BrClN3O2S2/c20-12-1-5-14(6-2-12)22-17(25)9-16-10-27-19(24-16)28-11-18(26)23-15-7-3-13(21)4-8-15/h1-8,10H,9,11H2,(H,22,25)(H,23,26). The predicted octanol–water partition coefficient (Wildman–Crippen LogP) is 5.47. The molecule has 3 rings (SSSR count). The molecule has 0 bridgehead atoms. The number of hydrogen-bond acceptors (Lipinski definition) is 5. The highest BCUT2D eigenvalue weighted by Crippen LogP contribution is 2.23. The van der Waals surface area contributed by atoms with Crippen molar-refractivity contribution in [3.8, 4) is 0 Å². The molecule has 0 atom stereocenters. The third kappa shape index (κ3) is 6.63. The number of nitrogens with zero attached hydrogens (tertiary/aromatic N) is 1. The summed E-state index contributed by atoms with van der Waals surface area (Å²) in [5.74, 6) is -0.0255. The topological polar surface area (TPSA) is 71.1 Å². The Hall–Kier alpha value is -1.87. The Morgan fingerprint density at radius 2 is 1.61 bits per heavy atom. The molecule has 1 aromatic heterocycles. The fourth-order valence-electron chi connectivity index (χ4n) is 2.20. The number of carbonyl (C=O) groups excluding carboxylic acids is 2. The van der Waals surface area contributed by atoms with Crippen molar-refractivity contribution in [1.29, 1.82) is 0 Å². The molecule has 0 aliphatic rings. The van der Waals surface area contributed by atoms with Gasteiger partial charge in [-0.3, -0.25) is 9.59 Å². The Morgan fingerprint density at radius 3 is 2.29 bits per heavy atom. The van der Waals surface area contributed by atoms with E-state index in [1.807, 2.05) is 29.6 Å². The summed E-state index contributed by atoms with van der Waals surface area (Å²) in [7, 11) is 0. The van der Waals surface area contributed by atoms with Crippen LogP contribution in [-0.4, -0.2) is 22.6 Å². The molecule has 1 heterocycles. The second-order valence-electron chi connectivity index (χ2n) is 5.68. The van der Waals surface area contributed by atoms with E-state index < -0.39 is 0 Å². The fraction of sp³-hybridized carbons (Fsp3) is 0.105. The first-order chi connectivity index (χ1) is 13.5. The first-order valence-corrected chi connectivity index (χ1v) is 11.2. The molecule has 0 saturated heterocycles. The van der Waals surface area contributed by atoms with E-state index in [-0.39, 0.29) is 24.0 Å². The molecule has 0 aliphatic carbocycles. The van der Waals surface area contributed by atoms with Gasteiger partial charge in [0.2, 0.25) is 11.8 Å². The molecule has 0 fully saturated rings. The zero-order valence-electron chi connectivity index (χ0n) is 14.4. The van der Waals surface area contributed by atoms with Crippen LogP contribution in [0.3, 0.4) is 0 Å². The Bertz CT molecular complexity index is 962. The molecule has 0 spiro atoms. The second kappa shape index (κ2) is 10.1. The number of rotatable bonds is 7. The molecule has 144 valence electrons. The van der Waals surface area contributed by atoms with Gasteiger partial charge in [0.25, 0.3) is 0 Å². The molecule has 0 unspecified atom stereocenters. The van der Waals surface area contributed by atoms with Crippen LogP contribution in [0.1, 0.15) is 5.69 Å². The summed E-state index contributed by atoms with van der Waals surface area (Å²) in [6.07, 6.45) is 0.185. The number of nitrogens with one attached hydrogen (secondary N) is 2. The third-order valence-corrected chi connectivity index (χ3v) is 6.31. The van der Waals surface area contributed by atoms with Gasteiger partial charge in [0.1, 0.15) is 0 Å². The normalized spacial score (nSPS) is 10.5. The minimum absolute atomic E-state index is 0.128. The van der Waals surface area contributed by atoms with E-state index in [0.717, 1.165) is 14.5 Å². The summed E-state index contributed by atoms with van der Waals surface area (Å²) in [6.45, 7) is 0. The highest BCUT2D eigenvalue weighted by molar-refractivity contribution is 9.10. The van der Waals surface area contributed by atoms with Crippen molar-refractivity contribution in [3.63, 3.8) is 0 Å². The average Bonchev–Trinajstić information content (AvgIpc) is 3.11. The van der Waals surface area contributed by atoms with Crippen LogP contribution in [0, 0.1) is 0 Å². The number of thiazole rings is 1. The molecule has 2 amide bonds. The lowest BCUT2D eigenvalue weighted by Gasteiger charge is -2.04. The van der Waals surface area contributed by atoms with Gasteiger partial charge in [-0.15, -0.1) is 11.3 Å². The number of hydrogen-bond donors (Lipinski definition) is 2. The van der Waals surface area contributed by atoms with Crippen molar-refractivity contribution >= 4 is 73.8 Å². The molecule has 28 heavy (non-hydrogen) atoms. The fourth-order valence-corrected chi connectivity index (χ4v) is 4.23. The maximum Gasteiger partial charge on any atom is 0.234 e. The Balaban J connectivity index is 1.45. The predicted molar refractivity (Wildman–Crippen MR) is 119 cm³/mol. The van der Waals surface area contributed by atoms with Crippen molar-refractivity contribution in [2.45, 2.75) is 10.8 Å². The van der Waals surface area contributed by atoms with Gasteiger partial charge in [0, 0.05) is 26.3 Å². The van der Waals surface area contributed by atoms with E-state index in [0.29, 0.717) is 16.4 Å². The molecule has 3 aromatic rings. The van der Waals surface area contributed by atoms with Gasteiger partial charge in [-0.05, 0) is 48.5 Å². The van der Waals surface area contributed by atoms with E-state index in [1.54, 1.807) is 24.3 Å². The minimum atomic E-state index is -0.135. The van der Waals surface area contributed by atoms with Crippen LogP contribution in [0.5, 0.6) is 0 Å². The monoisotopic (exact) mass is 495 g/mol. The number of halogens is 2. The van der Waals surface area contributed by atoms with E-state index in [9.17, 15) is 9.59 Å². The zero-order chi connectivity index (χ0) is 19.9. The van der Waals surface area contributed by atoms with Crippen LogP contribution >= 0.6 is 50.6 Å². The maximum atomic E-state index is 12.1. The van der Waals surface area contributed by atoms with Crippen LogP contribution in [-0.2, 0) is 16.0 Å². The minimum Gasteiger partial charge on any atom is -0.326 e. The summed E-state index contributed by atoms with van der Waals surface area (Å²) >= 11 is 11.9. The average molecular weight is 497 g/mol. The molecule has 0 radical (unpaired) electrons. The molecule has 5 nitrogen and oxygen atoms in total. The first kappa shape index (κ1) is 20.9. The van der Waals surface area contributed by atoms with E-state index in [1.165, 1.54) is 23.1 Å². The van der Waals surface area contributed by atoms with Crippen LogP contribution in [0.25, 0.3) is 0 Å². The van der Waals surface area contributed by atoms with Gasteiger partial charge >= 0.3 is 0 Å². The van der Waals surface area contributed by atoms with Crippen molar-refractivity contribution in [1.82, 2.24) is 4.98 Å². The summed E-state index contributed by atoms with van der Waals surface area (Å²) in [5.41, 5.74) is 2.11. The van der Waals surface area contributed by atoms with Crippen molar-refractivity contribution in [2.75, 3.05) is 16.4 Å². The quantitative estimate of drug-likeness (QED) is 0.425. The number of amides is 2. The summed E-state index contributed by atoms with van der Waals surface area (Å²) in [6, 6.07) is 14.3. The zero-order valence-corrected chi connectivity index (χ0v) is 18.4. The van der Waals surface area contributed by atoms with E-state index in [2.05, 4.69) is 31.5 Å². The van der Waals surface area contributed by atoms with Gasteiger partial charge in [0.15, 0.2) is 4.34 Å². The molecular weight excluding hydrogens is 482 g/mol. The highest BCUT2D eigenvalue weighted by atomic mass is 79.9. The van der Waals surface area contributed by atoms with Gasteiger partial charge in [-0.1, -0.05) is 39.3 Å². The SMILES string of the molecule is O=C(CSc1nc(CC(=O)Nc2ccc(Br)cc2)cs1)Nc1ccc(Cl)cc1. The number of carbonyl (C=O) groups is 2. The Labute approximate surface area is 184 Å². The first-order valence-electron chi connectivity index (χ1n) is 8.16. The summed E-state index contributed by atoms with van der Waals surface area (Å²) < 4.78 is 1.70. The van der Waals surface area contributed by atoms with Crippen LogP contribution in [0.2, 0.25) is 5.02 Å². The summed E-state index contributed by atoms with van der Waals surface area (Å²) in [5, 5.41) is 8.08. The number of benzene rings is 2. The van der Waals surface area contributed by atoms with Gasteiger partial charge in [0.05, 0.1) is 17.9 Å². The van der Waals surface area contributed by atoms with Gasteiger partial charge < -0.3 is 10.6 Å². The Kier molecular flexibility index (Phi) is 7.50. The molecule has 0 aliphatic heterocycles. The van der Waals surface area contributed by atoms with Crippen LogP contribution < -0.4 is 10.6 Å². The van der Waals surface area contributed by atoms with Crippen LogP contribution in [0.15, 0.2) is 62.7 Å². The largest absolute Gasteiger partial charge is 0.326 e. The van der Waals surface area contributed by atoms with Gasteiger partial charge in [-0.25, -0.2) is 4.98 Å². The van der Waals surface area contributed by atoms with Crippen molar-refractivity contribution in [3.05, 3.63) is 69.1 Å². The van der Waals surface area contributed by atoms with Crippen molar-refractivity contribution in [2.24, 2.45) is 0 Å². The molecule has 2 aromatic carbocycles. The highest BCUT2D eigenvalue weighted by Gasteiger charge is 2.10. The smallest absolute Gasteiger partial charge is 0.234 e. The number of anilines is 2. The summed E-state index contributed by atoms with van der Waals surface area (Å²) in [4.78, 5) is 28.6. The maximum absolute atomic E-state index is 12.1. The second-order valence-corrected chi connectivity index (χ2v) is 9.11. The number of thioether (sulfide) groups is 1. The molecule has 2 N–H and O–H groups in total. The van der Waals surface area contributed by atoms with Crippen molar-refractivity contribution < 1.29 is 9.59 Å². The lowest BCUT2D eigenvalue weighted by Crippen LogP contribution is -2.14. The molecular formula is C19H15BrClN3O2S2. The third-order valence-electron chi connectivity index (χ3n) is 3.46. The lowest BCUT2D eigenvalue weighted by molar-refractivity contribution is -0.116. The van der Waals surface area contributed by atoms with Gasteiger partial charge in [-0.2, -0.15) is 0 Å². The Morgan fingerprint density at radius 1 is 1.00 bits per heavy atom. The van der Waals surface area contributed by atoms with E-state index >= 15 is 0 Å².